The van der Waals surface area contributed by atoms with Gasteiger partial charge in [-0.3, -0.25) is 5.41 Å². The van der Waals surface area contributed by atoms with E-state index in [1.54, 1.807) is 0 Å². The molecule has 2 aromatic carbocycles. The molecule has 0 saturated carbocycles. The van der Waals surface area contributed by atoms with Crippen molar-refractivity contribution < 1.29 is 0 Å². The molecule has 3 rings (SSSR count). The van der Waals surface area contributed by atoms with Crippen molar-refractivity contribution in [3.63, 3.8) is 0 Å². The summed E-state index contributed by atoms with van der Waals surface area (Å²) >= 11 is 0. The van der Waals surface area contributed by atoms with Crippen molar-refractivity contribution >= 4 is 11.3 Å². The van der Waals surface area contributed by atoms with Crippen LogP contribution in [0.25, 0.3) is 5.57 Å². The summed E-state index contributed by atoms with van der Waals surface area (Å²) in [5, 5.41) is 8.93. The number of hydrogen-bond donors (Lipinski definition) is 1. The quantitative estimate of drug-likeness (QED) is 0.630. The molecule has 0 fully saturated rings. The van der Waals surface area contributed by atoms with E-state index < -0.39 is 0 Å². The van der Waals surface area contributed by atoms with Crippen LogP contribution < -0.4 is 0 Å². The largest absolute Gasteiger partial charge is 0.300 e. The van der Waals surface area contributed by atoms with Gasteiger partial charge in [0, 0.05) is 17.0 Å². The maximum absolute atomic E-state index is 8.93. The predicted molar refractivity (Wildman–Crippen MR) is 109 cm³/mol. The summed E-state index contributed by atoms with van der Waals surface area (Å²) in [6.45, 7) is 13.0. The maximum atomic E-state index is 8.93. The van der Waals surface area contributed by atoms with Gasteiger partial charge in [0.15, 0.2) is 0 Å². The van der Waals surface area contributed by atoms with Gasteiger partial charge < -0.3 is 0 Å². The summed E-state index contributed by atoms with van der Waals surface area (Å²) in [6.07, 6.45) is 2.33. The monoisotopic (exact) mass is 329 g/mol. The number of aryl methyl sites for hydroxylation is 1. The zero-order valence-electron chi connectivity index (χ0n) is 16.1. The minimum Gasteiger partial charge on any atom is -0.300 e. The number of rotatable bonds is 3. The molecule has 0 saturated heterocycles. The van der Waals surface area contributed by atoms with Crippen LogP contribution in [0.1, 0.15) is 54.2 Å². The molecule has 25 heavy (non-hydrogen) atoms. The van der Waals surface area contributed by atoms with Crippen LogP contribution in [0, 0.1) is 32.1 Å². The molecule has 128 valence electrons. The van der Waals surface area contributed by atoms with Gasteiger partial charge in [-0.05, 0) is 68.0 Å². The van der Waals surface area contributed by atoms with E-state index in [-0.39, 0.29) is 0 Å². The summed E-state index contributed by atoms with van der Waals surface area (Å²) in [5.74, 6) is 0.398. The lowest BCUT2D eigenvalue weighted by Gasteiger charge is -2.18. The summed E-state index contributed by atoms with van der Waals surface area (Å²) < 4.78 is 0. The van der Waals surface area contributed by atoms with Crippen molar-refractivity contribution in [2.45, 2.75) is 41.5 Å². The van der Waals surface area contributed by atoms with Gasteiger partial charge >= 0.3 is 0 Å². The van der Waals surface area contributed by atoms with Gasteiger partial charge in [-0.1, -0.05) is 55.0 Å². The highest BCUT2D eigenvalue weighted by atomic mass is 14.4. The minimum absolute atomic E-state index is 0.398. The molecular formula is C24H27N. The molecule has 0 radical (unpaired) electrons. The van der Waals surface area contributed by atoms with E-state index in [2.05, 4.69) is 78.0 Å². The first-order chi connectivity index (χ1) is 11.8. The van der Waals surface area contributed by atoms with Crippen molar-refractivity contribution in [3.8, 4) is 0 Å². The molecule has 0 aliphatic heterocycles. The van der Waals surface area contributed by atoms with Crippen LogP contribution >= 0.6 is 0 Å². The van der Waals surface area contributed by atoms with E-state index in [1.807, 2.05) is 6.07 Å². The summed E-state index contributed by atoms with van der Waals surface area (Å²) in [7, 11) is 0. The maximum Gasteiger partial charge on any atom is 0.0693 e. The van der Waals surface area contributed by atoms with E-state index in [1.165, 1.54) is 39.0 Å². The molecule has 0 spiro atoms. The van der Waals surface area contributed by atoms with E-state index in [4.69, 9.17) is 5.41 Å². The predicted octanol–water partition coefficient (Wildman–Crippen LogP) is 6.40. The van der Waals surface area contributed by atoms with E-state index in [9.17, 15) is 0 Å². The Kier molecular flexibility index (Phi) is 4.51. The van der Waals surface area contributed by atoms with Crippen LogP contribution in [0.3, 0.4) is 0 Å². The number of benzene rings is 2. The second kappa shape index (κ2) is 6.48. The van der Waals surface area contributed by atoms with Gasteiger partial charge in [0.2, 0.25) is 0 Å². The first kappa shape index (κ1) is 17.4. The van der Waals surface area contributed by atoms with Crippen molar-refractivity contribution in [1.29, 1.82) is 5.41 Å². The molecule has 1 atom stereocenters. The Morgan fingerprint density at radius 1 is 0.840 bits per heavy atom. The Morgan fingerprint density at radius 3 is 2.16 bits per heavy atom. The summed E-state index contributed by atoms with van der Waals surface area (Å²) in [5.41, 5.74) is 11.7. The third-order valence-corrected chi connectivity index (χ3v) is 5.76. The third kappa shape index (κ3) is 2.89. The molecule has 0 heterocycles. The first-order valence-electron chi connectivity index (χ1n) is 8.98. The van der Waals surface area contributed by atoms with Gasteiger partial charge in [-0.25, -0.2) is 0 Å². The van der Waals surface area contributed by atoms with Gasteiger partial charge in [0.05, 0.1) is 5.71 Å². The number of hydrogen-bond acceptors (Lipinski definition) is 1. The molecule has 1 unspecified atom stereocenters. The zero-order valence-corrected chi connectivity index (χ0v) is 16.1. The van der Waals surface area contributed by atoms with E-state index in [0.29, 0.717) is 11.6 Å². The van der Waals surface area contributed by atoms with Crippen molar-refractivity contribution in [2.24, 2.45) is 5.92 Å². The summed E-state index contributed by atoms with van der Waals surface area (Å²) in [4.78, 5) is 0. The van der Waals surface area contributed by atoms with Gasteiger partial charge in [0.1, 0.15) is 0 Å². The molecule has 0 bridgehead atoms. The highest BCUT2D eigenvalue weighted by Crippen LogP contribution is 2.39. The molecule has 1 aliphatic rings. The second-order valence-electron chi connectivity index (χ2n) is 7.28. The Hall–Kier alpha value is -2.41. The van der Waals surface area contributed by atoms with Gasteiger partial charge in [-0.15, -0.1) is 0 Å². The molecule has 2 aromatic rings. The Bertz CT molecular complexity index is 925. The normalized spacial score (nSPS) is 17.0. The van der Waals surface area contributed by atoms with Crippen molar-refractivity contribution in [2.75, 3.05) is 0 Å². The van der Waals surface area contributed by atoms with Crippen molar-refractivity contribution in [1.82, 2.24) is 0 Å². The molecule has 1 heteroatoms. The van der Waals surface area contributed by atoms with Crippen LogP contribution in [-0.2, 0) is 0 Å². The Morgan fingerprint density at radius 2 is 1.52 bits per heavy atom. The van der Waals surface area contributed by atoms with E-state index >= 15 is 0 Å². The number of nitrogens with one attached hydrogen (secondary N) is 1. The molecule has 0 amide bonds. The van der Waals surface area contributed by atoms with E-state index in [0.717, 1.165) is 11.1 Å². The highest BCUT2D eigenvalue weighted by Gasteiger charge is 2.23. The topological polar surface area (TPSA) is 23.9 Å². The van der Waals surface area contributed by atoms with Crippen LogP contribution in [0.4, 0.5) is 0 Å². The van der Waals surface area contributed by atoms with Crippen molar-refractivity contribution in [3.05, 3.63) is 87.0 Å². The lowest BCUT2D eigenvalue weighted by Crippen LogP contribution is -2.09. The smallest absolute Gasteiger partial charge is 0.0693 e. The second-order valence-corrected chi connectivity index (χ2v) is 7.28. The fourth-order valence-electron chi connectivity index (χ4n) is 3.89. The van der Waals surface area contributed by atoms with Gasteiger partial charge in [-0.2, -0.15) is 0 Å². The summed E-state index contributed by atoms with van der Waals surface area (Å²) in [6, 6.07) is 12.6. The average molecular weight is 329 g/mol. The molecule has 0 aromatic heterocycles. The lowest BCUT2D eigenvalue weighted by molar-refractivity contribution is 0.974. The van der Waals surface area contributed by atoms with Crippen LogP contribution in [0.2, 0.25) is 0 Å². The van der Waals surface area contributed by atoms with Gasteiger partial charge in [0.25, 0.3) is 0 Å². The van der Waals surface area contributed by atoms with Crippen LogP contribution in [-0.4, -0.2) is 5.71 Å². The fourth-order valence-corrected chi connectivity index (χ4v) is 3.89. The fraction of sp³-hybridized carbons (Fsp3) is 0.292. The lowest BCUT2D eigenvalue weighted by atomic mass is 9.86. The molecule has 1 nitrogen and oxygen atoms in total. The Labute approximate surface area is 151 Å². The first-order valence-corrected chi connectivity index (χ1v) is 8.98. The van der Waals surface area contributed by atoms with Crippen LogP contribution in [0.15, 0.2) is 53.6 Å². The molecular weight excluding hydrogens is 302 g/mol. The highest BCUT2D eigenvalue weighted by molar-refractivity contribution is 6.14. The minimum atomic E-state index is 0.398. The third-order valence-electron chi connectivity index (χ3n) is 5.76. The van der Waals surface area contributed by atoms with Crippen LogP contribution in [0.5, 0.6) is 0 Å². The molecule has 1 N–H and O–H groups in total. The average Bonchev–Trinajstić information content (AvgIpc) is 2.84. The standard InChI is InChI=1S/C24H27N/c1-14-11-12-20(19(6)17(14)4)24(25)22-10-8-7-9-21(22)23-16(3)13-15(2)18(23)5/h7-13,16,25H,1-6H3. The zero-order chi connectivity index (χ0) is 18.3. The molecule has 1 aliphatic carbocycles. The number of allylic oxidation sites excluding steroid dienone is 4. The SMILES string of the molecule is CC1=CC(C)C(c2ccccc2C(=N)c2ccc(C)c(C)c2C)=C1C. The Balaban J connectivity index is 2.15.